The molecule has 0 saturated heterocycles. The molecule has 0 fully saturated rings. The van der Waals surface area contributed by atoms with Gasteiger partial charge in [0, 0.05) is 18.3 Å². The third kappa shape index (κ3) is 0.845. The molecule has 1 aromatic carbocycles. The second-order valence-corrected chi connectivity index (χ2v) is 2.83. The van der Waals surface area contributed by atoms with Crippen molar-refractivity contribution in [2.45, 2.75) is 6.92 Å². The van der Waals surface area contributed by atoms with E-state index in [-0.39, 0.29) is 0 Å². The highest BCUT2D eigenvalue weighted by atomic mass is 14.9. The normalized spacial score (nSPS) is 10.7. The summed E-state index contributed by atoms with van der Waals surface area (Å²) < 4.78 is 2.17. The third-order valence-electron chi connectivity index (χ3n) is 2.13. The number of hydrogen-bond donors (Lipinski definition) is 0. The number of aryl methyl sites for hydroxylation is 2. The molecule has 0 aliphatic heterocycles. The number of aromatic nitrogens is 1. The highest BCUT2D eigenvalue weighted by Gasteiger charge is 1.98. The van der Waals surface area contributed by atoms with Gasteiger partial charge in [0.25, 0.3) is 0 Å². The van der Waals surface area contributed by atoms with Crippen LogP contribution in [0.4, 0.5) is 0 Å². The molecule has 2 rings (SSSR count). The van der Waals surface area contributed by atoms with Crippen molar-refractivity contribution >= 4 is 10.9 Å². The molecule has 0 amide bonds. The Morgan fingerprint density at radius 1 is 1.45 bits per heavy atom. The molecule has 0 unspecified atom stereocenters. The number of benzene rings is 1. The minimum Gasteiger partial charge on any atom is -0.348 e. The largest absolute Gasteiger partial charge is 0.348 e. The van der Waals surface area contributed by atoms with Gasteiger partial charge in [0.1, 0.15) is 0 Å². The van der Waals surface area contributed by atoms with Crippen molar-refractivity contribution in [2.75, 3.05) is 0 Å². The minimum atomic E-state index is 1.25. The molecule has 11 heavy (non-hydrogen) atoms. The molecule has 55 valence electrons. The summed E-state index contributed by atoms with van der Waals surface area (Å²) in [5.74, 6) is 0. The second-order valence-electron chi connectivity index (χ2n) is 2.83. The Morgan fingerprint density at radius 3 is 3.00 bits per heavy atom. The second kappa shape index (κ2) is 2.12. The molecule has 0 N–H and O–H groups in total. The monoisotopic (exact) mass is 144 g/mol. The molecule has 1 aromatic heterocycles. The van der Waals surface area contributed by atoms with Gasteiger partial charge in [0.05, 0.1) is 0 Å². The van der Waals surface area contributed by atoms with E-state index in [4.69, 9.17) is 0 Å². The van der Waals surface area contributed by atoms with E-state index >= 15 is 0 Å². The Kier molecular flexibility index (Phi) is 1.25. The fraction of sp³-hybridized carbons (Fsp3) is 0.200. The zero-order valence-electron chi connectivity index (χ0n) is 6.76. The molecule has 0 aliphatic rings. The number of rotatable bonds is 0. The van der Waals surface area contributed by atoms with Gasteiger partial charge in [-0.3, -0.25) is 0 Å². The van der Waals surface area contributed by atoms with E-state index in [1.165, 1.54) is 16.6 Å². The van der Waals surface area contributed by atoms with E-state index in [1.807, 2.05) is 12.1 Å². The zero-order chi connectivity index (χ0) is 7.84. The molecule has 2 aromatic rings. The molecule has 0 saturated carbocycles. The lowest BCUT2D eigenvalue weighted by molar-refractivity contribution is 0.918. The molecule has 0 spiro atoms. The molecule has 0 atom stereocenters. The van der Waals surface area contributed by atoms with Gasteiger partial charge >= 0.3 is 0 Å². The van der Waals surface area contributed by atoms with E-state index in [9.17, 15) is 0 Å². The van der Waals surface area contributed by atoms with Crippen molar-refractivity contribution in [3.05, 3.63) is 36.0 Å². The van der Waals surface area contributed by atoms with Crippen LogP contribution in [0, 0.1) is 13.0 Å². The fourth-order valence-electron chi connectivity index (χ4n) is 1.36. The van der Waals surface area contributed by atoms with Crippen molar-refractivity contribution in [3.8, 4) is 0 Å². The first-order valence-electron chi connectivity index (χ1n) is 3.71. The van der Waals surface area contributed by atoms with Gasteiger partial charge in [-0.2, -0.15) is 0 Å². The van der Waals surface area contributed by atoms with E-state index in [0.717, 1.165) is 0 Å². The van der Waals surface area contributed by atoms with E-state index < -0.39 is 0 Å². The average Bonchev–Trinajstić information content (AvgIpc) is 2.30. The van der Waals surface area contributed by atoms with Crippen LogP contribution in [0.5, 0.6) is 0 Å². The maximum atomic E-state index is 3.07. The van der Waals surface area contributed by atoms with Crippen LogP contribution in [0.15, 0.2) is 24.3 Å². The van der Waals surface area contributed by atoms with Crippen LogP contribution in [-0.2, 0) is 7.05 Å². The summed E-state index contributed by atoms with van der Waals surface area (Å²) in [5, 5.41) is 1.30. The van der Waals surface area contributed by atoms with Crippen LogP contribution in [-0.4, -0.2) is 4.57 Å². The lowest BCUT2D eigenvalue weighted by Gasteiger charge is -1.96. The summed E-state index contributed by atoms with van der Waals surface area (Å²) in [6.45, 7) is 2.11. The summed E-state index contributed by atoms with van der Waals surface area (Å²) in [6.07, 6.45) is 0. The molecular weight excluding hydrogens is 134 g/mol. The Hall–Kier alpha value is -1.24. The highest BCUT2D eigenvalue weighted by molar-refractivity contribution is 5.80. The predicted octanol–water partition coefficient (Wildman–Crippen LogP) is 2.29. The molecule has 1 nitrogen and oxygen atoms in total. The van der Waals surface area contributed by atoms with Gasteiger partial charge in [0.2, 0.25) is 0 Å². The van der Waals surface area contributed by atoms with E-state index in [2.05, 4.69) is 36.7 Å². The summed E-state index contributed by atoms with van der Waals surface area (Å²) in [4.78, 5) is 0. The van der Waals surface area contributed by atoms with Crippen LogP contribution >= 0.6 is 0 Å². The maximum Gasteiger partial charge on any atom is 0.0486 e. The first kappa shape index (κ1) is 6.47. The van der Waals surface area contributed by atoms with Gasteiger partial charge in [-0.05, 0) is 30.5 Å². The first-order valence-corrected chi connectivity index (χ1v) is 3.71. The summed E-state index contributed by atoms with van der Waals surface area (Å²) in [6, 6.07) is 11.3. The van der Waals surface area contributed by atoms with Gasteiger partial charge in [-0.15, -0.1) is 0 Å². The molecular formula is C10H10N. The number of fused-ring (bicyclic) bond motifs is 1. The van der Waals surface area contributed by atoms with Crippen molar-refractivity contribution in [2.24, 2.45) is 7.05 Å². The van der Waals surface area contributed by atoms with Gasteiger partial charge in [0.15, 0.2) is 0 Å². The van der Waals surface area contributed by atoms with Crippen molar-refractivity contribution < 1.29 is 0 Å². The van der Waals surface area contributed by atoms with Crippen LogP contribution < -0.4 is 0 Å². The fourth-order valence-corrected chi connectivity index (χ4v) is 1.36. The van der Waals surface area contributed by atoms with Gasteiger partial charge in [-0.1, -0.05) is 12.1 Å². The Morgan fingerprint density at radius 2 is 2.27 bits per heavy atom. The molecule has 1 radical (unpaired) electrons. The molecule has 0 aliphatic carbocycles. The van der Waals surface area contributed by atoms with Crippen molar-refractivity contribution in [1.29, 1.82) is 0 Å². The quantitative estimate of drug-likeness (QED) is 0.534. The molecule has 1 heterocycles. The Labute approximate surface area is 66.3 Å². The van der Waals surface area contributed by atoms with Crippen LogP contribution in [0.2, 0.25) is 0 Å². The van der Waals surface area contributed by atoms with E-state index in [0.29, 0.717) is 0 Å². The Balaban J connectivity index is 2.92. The van der Waals surface area contributed by atoms with Crippen molar-refractivity contribution in [1.82, 2.24) is 4.57 Å². The van der Waals surface area contributed by atoms with Gasteiger partial charge < -0.3 is 4.57 Å². The third-order valence-corrected chi connectivity index (χ3v) is 2.13. The Bertz CT molecular complexity index is 385. The summed E-state index contributed by atoms with van der Waals surface area (Å²) in [5.41, 5.74) is 2.55. The standard InChI is InChI=1S/C10H10N/c1-8-7-9-5-3-4-6-10(9)11(8)2/h3,5-7H,1-2H3. The highest BCUT2D eigenvalue weighted by Crippen LogP contribution is 2.16. The lowest BCUT2D eigenvalue weighted by atomic mass is 10.2. The summed E-state index contributed by atoms with van der Waals surface area (Å²) in [7, 11) is 2.07. The average molecular weight is 144 g/mol. The maximum absolute atomic E-state index is 3.07. The van der Waals surface area contributed by atoms with Crippen molar-refractivity contribution in [3.63, 3.8) is 0 Å². The lowest BCUT2D eigenvalue weighted by Crippen LogP contribution is -1.88. The molecule has 1 heteroatoms. The number of nitrogens with zero attached hydrogens (tertiary/aromatic N) is 1. The number of hydrogen-bond acceptors (Lipinski definition) is 0. The van der Waals surface area contributed by atoms with Crippen LogP contribution in [0.25, 0.3) is 10.9 Å². The van der Waals surface area contributed by atoms with Crippen LogP contribution in [0.3, 0.4) is 0 Å². The predicted molar refractivity (Wildman–Crippen MR) is 46.5 cm³/mol. The first-order chi connectivity index (χ1) is 5.29. The smallest absolute Gasteiger partial charge is 0.0486 e. The topological polar surface area (TPSA) is 4.93 Å². The zero-order valence-corrected chi connectivity index (χ0v) is 6.76. The SMILES string of the molecule is Cc1cc2cc[c]cc2n1C. The van der Waals surface area contributed by atoms with Crippen LogP contribution in [0.1, 0.15) is 5.69 Å². The minimum absolute atomic E-state index is 1.25. The molecule has 0 bridgehead atoms. The summed E-state index contributed by atoms with van der Waals surface area (Å²) >= 11 is 0. The van der Waals surface area contributed by atoms with Gasteiger partial charge in [-0.25, -0.2) is 0 Å². The van der Waals surface area contributed by atoms with E-state index in [1.54, 1.807) is 0 Å².